The Hall–Kier alpha value is -2.21. The predicted octanol–water partition coefficient (Wildman–Crippen LogP) is 3.02. The molecule has 0 spiro atoms. The number of carboxylic acids is 1. The molecular formula is C14H15NO4S. The van der Waals surface area contributed by atoms with Gasteiger partial charge in [0.05, 0.1) is 25.5 Å². The van der Waals surface area contributed by atoms with Gasteiger partial charge in [-0.05, 0) is 24.6 Å². The van der Waals surface area contributed by atoms with Gasteiger partial charge in [-0.3, -0.25) is 0 Å². The molecule has 0 atom stereocenters. The van der Waals surface area contributed by atoms with E-state index in [1.807, 2.05) is 6.07 Å². The molecule has 0 aliphatic heterocycles. The van der Waals surface area contributed by atoms with E-state index in [1.165, 1.54) is 0 Å². The zero-order valence-corrected chi connectivity index (χ0v) is 12.2. The van der Waals surface area contributed by atoms with E-state index < -0.39 is 5.97 Å². The monoisotopic (exact) mass is 293 g/mol. The van der Waals surface area contributed by atoms with Gasteiger partial charge in [-0.15, -0.1) is 11.3 Å². The second-order valence-electron chi connectivity index (χ2n) is 4.14. The molecule has 1 heterocycles. The van der Waals surface area contributed by atoms with Crippen LogP contribution in [0.4, 0.5) is 5.69 Å². The Labute approximate surface area is 120 Å². The number of aromatic carboxylic acids is 1. The molecule has 1 aromatic heterocycles. The van der Waals surface area contributed by atoms with Crippen LogP contribution in [0.25, 0.3) is 10.4 Å². The van der Waals surface area contributed by atoms with Crippen LogP contribution in [0.1, 0.15) is 15.2 Å². The van der Waals surface area contributed by atoms with E-state index in [9.17, 15) is 9.90 Å². The summed E-state index contributed by atoms with van der Waals surface area (Å²) in [5.74, 6) is 0.201. The Bertz CT molecular complexity index is 641. The van der Waals surface area contributed by atoms with E-state index in [0.717, 1.165) is 27.3 Å². The molecule has 2 rings (SSSR count). The number of rotatable bonds is 4. The second kappa shape index (κ2) is 5.42. The fourth-order valence-electron chi connectivity index (χ4n) is 2.00. The summed E-state index contributed by atoms with van der Waals surface area (Å²) in [7, 11) is 3.12. The third-order valence-electron chi connectivity index (χ3n) is 3.04. The van der Waals surface area contributed by atoms with E-state index in [4.69, 9.17) is 15.2 Å². The quantitative estimate of drug-likeness (QED) is 0.905. The van der Waals surface area contributed by atoms with Crippen LogP contribution in [0.5, 0.6) is 11.5 Å². The summed E-state index contributed by atoms with van der Waals surface area (Å²) < 4.78 is 10.7. The van der Waals surface area contributed by atoms with Crippen molar-refractivity contribution in [2.45, 2.75) is 6.92 Å². The summed E-state index contributed by atoms with van der Waals surface area (Å²) in [6, 6.07) is 5.41. The molecule has 0 fully saturated rings. The lowest BCUT2D eigenvalue weighted by molar-refractivity contribution is 0.0703. The Morgan fingerprint density at radius 2 is 1.80 bits per heavy atom. The molecule has 6 heteroatoms. The average molecular weight is 293 g/mol. The maximum atomic E-state index is 11.2. The molecular weight excluding hydrogens is 278 g/mol. The van der Waals surface area contributed by atoms with Crippen LogP contribution in [-0.2, 0) is 0 Å². The molecule has 106 valence electrons. The van der Waals surface area contributed by atoms with Crippen molar-refractivity contribution in [1.29, 1.82) is 0 Å². The number of benzene rings is 1. The first-order valence-electron chi connectivity index (χ1n) is 5.84. The van der Waals surface area contributed by atoms with Crippen molar-refractivity contribution in [2.24, 2.45) is 0 Å². The molecule has 0 aliphatic rings. The molecule has 0 radical (unpaired) electrons. The first-order valence-corrected chi connectivity index (χ1v) is 6.66. The van der Waals surface area contributed by atoms with Crippen LogP contribution < -0.4 is 15.2 Å². The van der Waals surface area contributed by atoms with Crippen molar-refractivity contribution in [3.63, 3.8) is 0 Å². The molecule has 0 saturated carbocycles. The third-order valence-corrected chi connectivity index (χ3v) is 4.36. The summed E-state index contributed by atoms with van der Waals surface area (Å²) in [6.07, 6.45) is 0. The number of nitrogen functional groups attached to an aromatic ring is 1. The van der Waals surface area contributed by atoms with E-state index >= 15 is 0 Å². The van der Waals surface area contributed by atoms with Gasteiger partial charge >= 0.3 is 5.97 Å². The number of anilines is 1. The van der Waals surface area contributed by atoms with Crippen LogP contribution in [0.15, 0.2) is 18.2 Å². The maximum Gasteiger partial charge on any atom is 0.348 e. The zero-order valence-electron chi connectivity index (χ0n) is 11.4. The molecule has 0 bridgehead atoms. The number of hydrogen-bond donors (Lipinski definition) is 2. The smallest absolute Gasteiger partial charge is 0.348 e. The highest BCUT2D eigenvalue weighted by Crippen LogP contribution is 2.46. The highest BCUT2D eigenvalue weighted by molar-refractivity contribution is 7.18. The van der Waals surface area contributed by atoms with Crippen LogP contribution in [0.2, 0.25) is 0 Å². The highest BCUT2D eigenvalue weighted by Gasteiger charge is 2.23. The molecule has 0 saturated heterocycles. The fourth-order valence-corrected chi connectivity index (χ4v) is 3.12. The second-order valence-corrected chi connectivity index (χ2v) is 5.16. The first-order chi connectivity index (χ1) is 9.51. The lowest BCUT2D eigenvalue weighted by Gasteiger charge is -2.12. The Morgan fingerprint density at radius 3 is 2.20 bits per heavy atom. The predicted molar refractivity (Wildman–Crippen MR) is 79.0 cm³/mol. The van der Waals surface area contributed by atoms with Crippen molar-refractivity contribution < 1.29 is 19.4 Å². The van der Waals surface area contributed by atoms with Gasteiger partial charge in [-0.1, -0.05) is 6.07 Å². The van der Waals surface area contributed by atoms with Crippen molar-refractivity contribution in [3.8, 4) is 21.9 Å². The topological polar surface area (TPSA) is 81.8 Å². The summed E-state index contributed by atoms with van der Waals surface area (Å²) >= 11 is 1.12. The molecule has 1 aromatic carbocycles. The minimum Gasteiger partial charge on any atom is -0.496 e. The van der Waals surface area contributed by atoms with Gasteiger partial charge < -0.3 is 20.3 Å². The number of carboxylic acid groups (broad SMARTS) is 1. The van der Waals surface area contributed by atoms with E-state index in [2.05, 4.69) is 0 Å². The van der Waals surface area contributed by atoms with E-state index in [-0.39, 0.29) is 10.6 Å². The SMILES string of the molecule is COc1cccc(OC)c1-c1sc(C(=O)O)c(N)c1C. The summed E-state index contributed by atoms with van der Waals surface area (Å²) in [5, 5.41) is 9.17. The zero-order chi connectivity index (χ0) is 14.9. The largest absolute Gasteiger partial charge is 0.496 e. The number of ether oxygens (including phenoxy) is 2. The lowest BCUT2D eigenvalue weighted by Crippen LogP contribution is -1.98. The molecule has 0 amide bonds. The molecule has 0 unspecified atom stereocenters. The molecule has 5 nitrogen and oxygen atoms in total. The van der Waals surface area contributed by atoms with Crippen LogP contribution in [-0.4, -0.2) is 25.3 Å². The molecule has 2 aromatic rings. The maximum absolute atomic E-state index is 11.2. The first kappa shape index (κ1) is 14.2. The van der Waals surface area contributed by atoms with Gasteiger partial charge in [-0.2, -0.15) is 0 Å². The number of methoxy groups -OCH3 is 2. The number of thiophene rings is 1. The van der Waals surface area contributed by atoms with Crippen LogP contribution >= 0.6 is 11.3 Å². The molecule has 3 N–H and O–H groups in total. The van der Waals surface area contributed by atoms with Crippen LogP contribution in [0.3, 0.4) is 0 Å². The van der Waals surface area contributed by atoms with Gasteiger partial charge in [0.1, 0.15) is 16.4 Å². The fraction of sp³-hybridized carbons (Fsp3) is 0.214. The van der Waals surface area contributed by atoms with Crippen molar-refractivity contribution in [3.05, 3.63) is 28.6 Å². The Balaban J connectivity index is 2.74. The van der Waals surface area contributed by atoms with Gasteiger partial charge in [0, 0.05) is 4.88 Å². The number of nitrogens with two attached hydrogens (primary N) is 1. The number of hydrogen-bond acceptors (Lipinski definition) is 5. The van der Waals surface area contributed by atoms with Crippen molar-refractivity contribution in [1.82, 2.24) is 0 Å². The Morgan fingerprint density at radius 1 is 1.25 bits per heavy atom. The van der Waals surface area contributed by atoms with E-state index in [0.29, 0.717) is 11.5 Å². The Kier molecular flexibility index (Phi) is 3.85. The standard InChI is InChI=1S/C14H15NO4S/c1-7-11(15)13(14(16)17)20-12(7)10-8(18-2)5-4-6-9(10)19-3/h4-6H,15H2,1-3H3,(H,16,17). The van der Waals surface area contributed by atoms with Crippen LogP contribution in [0, 0.1) is 6.92 Å². The van der Waals surface area contributed by atoms with Gasteiger partial charge in [0.15, 0.2) is 0 Å². The van der Waals surface area contributed by atoms with Gasteiger partial charge in [0.2, 0.25) is 0 Å². The third kappa shape index (κ3) is 2.18. The summed E-state index contributed by atoms with van der Waals surface area (Å²) in [6.45, 7) is 1.79. The minimum atomic E-state index is -1.03. The van der Waals surface area contributed by atoms with Gasteiger partial charge in [-0.25, -0.2) is 4.79 Å². The molecule has 20 heavy (non-hydrogen) atoms. The van der Waals surface area contributed by atoms with E-state index in [1.54, 1.807) is 33.3 Å². The summed E-state index contributed by atoms with van der Waals surface area (Å²) in [5.41, 5.74) is 7.59. The normalized spacial score (nSPS) is 10.3. The average Bonchev–Trinajstić information content (AvgIpc) is 2.74. The van der Waals surface area contributed by atoms with Crippen molar-refractivity contribution in [2.75, 3.05) is 20.0 Å². The van der Waals surface area contributed by atoms with Crippen molar-refractivity contribution >= 4 is 23.0 Å². The molecule has 0 aliphatic carbocycles. The summed E-state index contributed by atoms with van der Waals surface area (Å²) in [4.78, 5) is 12.1. The number of carbonyl (C=O) groups is 1. The van der Waals surface area contributed by atoms with Gasteiger partial charge in [0.25, 0.3) is 0 Å². The lowest BCUT2D eigenvalue weighted by atomic mass is 10.1. The highest BCUT2D eigenvalue weighted by atomic mass is 32.1. The minimum absolute atomic E-state index is 0.130.